The zero-order valence-electron chi connectivity index (χ0n) is 8.83. The topological polar surface area (TPSA) is 24.9 Å². The van der Waals surface area contributed by atoms with Gasteiger partial charge in [-0.1, -0.05) is 6.07 Å². The van der Waals surface area contributed by atoms with Gasteiger partial charge in [-0.05, 0) is 26.0 Å². The van der Waals surface area contributed by atoms with Gasteiger partial charge in [-0.15, -0.1) is 0 Å². The number of rotatable bonds is 5. The third-order valence-electron chi connectivity index (χ3n) is 1.84. The minimum atomic E-state index is 0.0596. The van der Waals surface area contributed by atoms with E-state index in [1.807, 2.05) is 24.4 Å². The fourth-order valence-corrected chi connectivity index (χ4v) is 1.27. The average molecular weight is 210 g/mol. The van der Waals surface area contributed by atoms with Gasteiger partial charge >= 0.3 is 0 Å². The molecule has 0 unspecified atom stereocenters. The van der Waals surface area contributed by atoms with Crippen molar-refractivity contribution < 1.29 is 0 Å². The van der Waals surface area contributed by atoms with Crippen molar-refractivity contribution in [3.63, 3.8) is 0 Å². The number of pyridine rings is 1. The number of hydrogen-bond acceptors (Lipinski definition) is 3. The zero-order chi connectivity index (χ0) is 10.4. The zero-order valence-corrected chi connectivity index (χ0v) is 9.72. The molecule has 2 nitrogen and oxygen atoms in total. The summed E-state index contributed by atoms with van der Waals surface area (Å²) in [7, 11) is 0. The van der Waals surface area contributed by atoms with E-state index < -0.39 is 0 Å². The third kappa shape index (κ3) is 5.25. The number of hydrogen-bond donors (Lipinski definition) is 2. The van der Waals surface area contributed by atoms with Gasteiger partial charge in [-0.3, -0.25) is 4.98 Å². The maximum atomic E-state index is 4.44. The van der Waals surface area contributed by atoms with E-state index in [9.17, 15) is 0 Å². The Morgan fingerprint density at radius 1 is 1.43 bits per heavy atom. The Morgan fingerprint density at radius 2 is 2.21 bits per heavy atom. The van der Waals surface area contributed by atoms with Gasteiger partial charge in [0.25, 0.3) is 0 Å². The van der Waals surface area contributed by atoms with Gasteiger partial charge in [-0.25, -0.2) is 0 Å². The lowest BCUT2D eigenvalue weighted by Gasteiger charge is -2.17. The molecule has 0 aromatic carbocycles. The van der Waals surface area contributed by atoms with Gasteiger partial charge in [0, 0.05) is 36.1 Å². The molecule has 0 amide bonds. The summed E-state index contributed by atoms with van der Waals surface area (Å²) in [5.74, 6) is 0. The van der Waals surface area contributed by atoms with E-state index in [1.165, 1.54) is 0 Å². The largest absolute Gasteiger partial charge is 0.315 e. The highest BCUT2D eigenvalue weighted by molar-refractivity contribution is 7.81. The minimum Gasteiger partial charge on any atom is -0.315 e. The Kier molecular flexibility index (Phi) is 4.42. The van der Waals surface area contributed by atoms with Crippen LogP contribution in [0.3, 0.4) is 0 Å². The second kappa shape index (κ2) is 5.37. The van der Waals surface area contributed by atoms with Crippen molar-refractivity contribution >= 4 is 12.6 Å². The van der Waals surface area contributed by atoms with E-state index >= 15 is 0 Å². The van der Waals surface area contributed by atoms with E-state index in [0.717, 1.165) is 25.2 Å². The van der Waals surface area contributed by atoms with Crippen molar-refractivity contribution in [2.45, 2.75) is 25.0 Å². The van der Waals surface area contributed by atoms with Gasteiger partial charge < -0.3 is 5.32 Å². The molecule has 1 heterocycles. The highest BCUT2D eigenvalue weighted by Gasteiger charge is 2.09. The van der Waals surface area contributed by atoms with Gasteiger partial charge in [0.05, 0.1) is 0 Å². The van der Waals surface area contributed by atoms with Crippen molar-refractivity contribution in [1.82, 2.24) is 10.3 Å². The summed E-state index contributed by atoms with van der Waals surface area (Å²) in [6.07, 6.45) is 2.81. The summed E-state index contributed by atoms with van der Waals surface area (Å²) in [5.41, 5.74) is 1.14. The second-order valence-corrected chi connectivity index (χ2v) is 5.27. The summed E-state index contributed by atoms with van der Waals surface area (Å²) >= 11 is 4.44. The van der Waals surface area contributed by atoms with Gasteiger partial charge in [0.2, 0.25) is 0 Å². The van der Waals surface area contributed by atoms with Crippen LogP contribution in [0.25, 0.3) is 0 Å². The summed E-state index contributed by atoms with van der Waals surface area (Å²) in [6, 6.07) is 6.01. The molecule has 0 aliphatic heterocycles. The molecule has 1 rings (SSSR count). The molecular weight excluding hydrogens is 192 g/mol. The quantitative estimate of drug-likeness (QED) is 0.573. The lowest BCUT2D eigenvalue weighted by molar-refractivity contribution is 0.592. The lowest BCUT2D eigenvalue weighted by Crippen LogP contribution is -2.31. The smallest absolute Gasteiger partial charge is 0.0416 e. The van der Waals surface area contributed by atoms with Crippen molar-refractivity contribution in [1.29, 1.82) is 0 Å². The van der Waals surface area contributed by atoms with Crippen LogP contribution >= 0.6 is 12.6 Å². The SMILES string of the molecule is CC(C)(S)CNCCc1ccccn1. The van der Waals surface area contributed by atoms with Crippen LogP contribution in [0.15, 0.2) is 24.4 Å². The average Bonchev–Trinajstić information content (AvgIpc) is 2.13. The molecule has 0 fully saturated rings. The second-order valence-electron chi connectivity index (χ2n) is 4.06. The summed E-state index contributed by atoms with van der Waals surface area (Å²) in [6.45, 7) is 6.08. The molecule has 0 saturated carbocycles. The molecule has 1 aromatic heterocycles. The first kappa shape index (κ1) is 11.5. The maximum absolute atomic E-state index is 4.44. The predicted molar refractivity (Wildman–Crippen MR) is 63.9 cm³/mol. The number of aromatic nitrogens is 1. The summed E-state index contributed by atoms with van der Waals surface area (Å²) < 4.78 is 0.0596. The van der Waals surface area contributed by atoms with E-state index in [0.29, 0.717) is 0 Å². The van der Waals surface area contributed by atoms with Crippen LogP contribution in [0.4, 0.5) is 0 Å². The van der Waals surface area contributed by atoms with Gasteiger partial charge in [0.15, 0.2) is 0 Å². The molecule has 0 aliphatic rings. The molecule has 0 aliphatic carbocycles. The predicted octanol–water partition coefficient (Wildman–Crippen LogP) is 1.92. The Bertz CT molecular complexity index is 254. The molecule has 0 spiro atoms. The van der Waals surface area contributed by atoms with Crippen molar-refractivity contribution in [3.05, 3.63) is 30.1 Å². The Balaban J connectivity index is 2.17. The first-order valence-electron chi connectivity index (χ1n) is 4.91. The number of nitrogens with one attached hydrogen (secondary N) is 1. The van der Waals surface area contributed by atoms with Crippen LogP contribution < -0.4 is 5.32 Å². The first-order valence-corrected chi connectivity index (χ1v) is 5.36. The highest BCUT2D eigenvalue weighted by atomic mass is 32.1. The van der Waals surface area contributed by atoms with E-state index in [1.54, 1.807) is 0 Å². The standard InChI is InChI=1S/C11H18N2S/c1-11(2,14)9-12-8-6-10-5-3-4-7-13-10/h3-5,7,12,14H,6,8-9H2,1-2H3. The maximum Gasteiger partial charge on any atom is 0.0416 e. The molecule has 78 valence electrons. The van der Waals surface area contributed by atoms with E-state index in [-0.39, 0.29) is 4.75 Å². The van der Waals surface area contributed by atoms with Crippen LogP contribution in [-0.4, -0.2) is 22.8 Å². The van der Waals surface area contributed by atoms with Crippen LogP contribution in [0.2, 0.25) is 0 Å². The molecule has 14 heavy (non-hydrogen) atoms. The van der Waals surface area contributed by atoms with Crippen molar-refractivity contribution in [2.75, 3.05) is 13.1 Å². The van der Waals surface area contributed by atoms with E-state index in [4.69, 9.17) is 0 Å². The summed E-state index contributed by atoms with van der Waals surface area (Å²) in [5, 5.41) is 3.36. The van der Waals surface area contributed by atoms with Gasteiger partial charge in [0.1, 0.15) is 0 Å². The van der Waals surface area contributed by atoms with Crippen molar-refractivity contribution in [3.8, 4) is 0 Å². The number of nitrogens with zero attached hydrogens (tertiary/aromatic N) is 1. The fourth-order valence-electron chi connectivity index (χ4n) is 1.16. The molecule has 0 atom stereocenters. The number of thiol groups is 1. The molecular formula is C11H18N2S. The van der Waals surface area contributed by atoms with Crippen LogP contribution in [0, 0.1) is 0 Å². The first-order chi connectivity index (χ1) is 6.58. The molecule has 0 saturated heterocycles. The van der Waals surface area contributed by atoms with Crippen molar-refractivity contribution in [2.24, 2.45) is 0 Å². The third-order valence-corrected chi connectivity index (χ3v) is 2.00. The summed E-state index contributed by atoms with van der Waals surface area (Å²) in [4.78, 5) is 4.25. The molecule has 1 aromatic rings. The highest BCUT2D eigenvalue weighted by Crippen LogP contribution is 2.08. The minimum absolute atomic E-state index is 0.0596. The Labute approximate surface area is 91.5 Å². The molecule has 0 radical (unpaired) electrons. The molecule has 3 heteroatoms. The van der Waals surface area contributed by atoms with Crippen LogP contribution in [0.1, 0.15) is 19.5 Å². The lowest BCUT2D eigenvalue weighted by atomic mass is 10.2. The Morgan fingerprint density at radius 3 is 2.79 bits per heavy atom. The normalized spacial score (nSPS) is 11.6. The Hall–Kier alpha value is -0.540. The van der Waals surface area contributed by atoms with Crippen LogP contribution in [-0.2, 0) is 6.42 Å². The van der Waals surface area contributed by atoms with E-state index in [2.05, 4.69) is 36.8 Å². The fraction of sp³-hybridized carbons (Fsp3) is 0.545. The molecule has 0 bridgehead atoms. The monoisotopic (exact) mass is 210 g/mol. The molecule has 1 N–H and O–H groups in total. The van der Waals surface area contributed by atoms with Crippen LogP contribution in [0.5, 0.6) is 0 Å². The van der Waals surface area contributed by atoms with Gasteiger partial charge in [-0.2, -0.15) is 12.6 Å².